The van der Waals surface area contributed by atoms with Crippen molar-refractivity contribution in [1.29, 1.82) is 0 Å². The van der Waals surface area contributed by atoms with E-state index in [1.165, 1.54) is 0 Å². The normalized spacial score (nSPS) is 16.0. The molecule has 0 aromatic heterocycles. The van der Waals surface area contributed by atoms with E-state index in [-0.39, 0.29) is 18.2 Å². The molecule has 0 fully saturated rings. The quantitative estimate of drug-likeness (QED) is 0.870. The van der Waals surface area contributed by atoms with Crippen LogP contribution < -0.4 is 14.8 Å². The van der Waals surface area contributed by atoms with Gasteiger partial charge in [0.2, 0.25) is 0 Å². The highest BCUT2D eigenvalue weighted by atomic mass is 16.6. The molecule has 0 spiro atoms. The van der Waals surface area contributed by atoms with Crippen molar-refractivity contribution in [1.82, 2.24) is 5.32 Å². The fourth-order valence-electron chi connectivity index (χ4n) is 2.22. The fraction of sp³-hybridized carbons (Fsp3) is 0.500. The predicted molar refractivity (Wildman–Crippen MR) is 80.4 cm³/mol. The van der Waals surface area contributed by atoms with Gasteiger partial charge in [0.05, 0.1) is 12.0 Å². The Morgan fingerprint density at radius 2 is 1.91 bits per heavy atom. The molecule has 2 rings (SSSR count). The van der Waals surface area contributed by atoms with Crippen LogP contribution in [0.25, 0.3) is 0 Å². The summed E-state index contributed by atoms with van der Waals surface area (Å²) in [5.41, 5.74) is -0.405. The number of ether oxygens (including phenoxy) is 2. The summed E-state index contributed by atoms with van der Waals surface area (Å²) in [7, 11) is 0. The van der Waals surface area contributed by atoms with Crippen molar-refractivity contribution in [3.63, 3.8) is 0 Å². The number of carbonyl (C=O) groups is 2. The minimum Gasteiger partial charge on any atom is -0.486 e. The number of amides is 1. The number of benzene rings is 1. The lowest BCUT2D eigenvalue weighted by molar-refractivity contribution is -0.138. The first-order chi connectivity index (χ1) is 10.3. The third-order valence-electron chi connectivity index (χ3n) is 4.00. The van der Waals surface area contributed by atoms with E-state index in [1.807, 2.05) is 13.8 Å². The summed E-state index contributed by atoms with van der Waals surface area (Å²) < 4.78 is 10.9. The average Bonchev–Trinajstić information content (AvgIpc) is 2.45. The first kappa shape index (κ1) is 16.1. The number of carboxylic acid groups (broad SMARTS) is 1. The van der Waals surface area contributed by atoms with Gasteiger partial charge < -0.3 is 19.9 Å². The Kier molecular flexibility index (Phi) is 4.59. The van der Waals surface area contributed by atoms with Gasteiger partial charge in [-0.15, -0.1) is 0 Å². The highest BCUT2D eigenvalue weighted by Gasteiger charge is 2.33. The number of carbonyl (C=O) groups excluding carboxylic acids is 1. The van der Waals surface area contributed by atoms with Gasteiger partial charge in [0.1, 0.15) is 13.2 Å². The molecule has 1 heterocycles. The molecular formula is C16H21NO5. The van der Waals surface area contributed by atoms with Crippen LogP contribution in [-0.4, -0.2) is 35.7 Å². The van der Waals surface area contributed by atoms with Crippen molar-refractivity contribution >= 4 is 11.9 Å². The SMILES string of the molecule is CC(C)C(C)(CC(=O)O)NC(=O)c1ccc2c(c1)OCCO2. The highest BCUT2D eigenvalue weighted by molar-refractivity contribution is 5.95. The Morgan fingerprint density at radius 3 is 2.50 bits per heavy atom. The Hall–Kier alpha value is -2.24. The van der Waals surface area contributed by atoms with E-state index >= 15 is 0 Å². The van der Waals surface area contributed by atoms with Crippen LogP contribution in [0.5, 0.6) is 11.5 Å². The number of carboxylic acids is 1. The van der Waals surface area contributed by atoms with Gasteiger partial charge in [-0.3, -0.25) is 9.59 Å². The molecule has 1 aliphatic rings. The van der Waals surface area contributed by atoms with Crippen LogP contribution in [0.3, 0.4) is 0 Å². The minimum absolute atomic E-state index is 0.0234. The number of hydrogen-bond acceptors (Lipinski definition) is 4. The van der Waals surface area contributed by atoms with Crippen molar-refractivity contribution in [3.8, 4) is 11.5 Å². The van der Waals surface area contributed by atoms with Gasteiger partial charge >= 0.3 is 5.97 Å². The summed E-state index contributed by atoms with van der Waals surface area (Å²) in [5, 5.41) is 11.9. The lowest BCUT2D eigenvalue weighted by Crippen LogP contribution is -2.51. The molecule has 1 amide bonds. The van der Waals surface area contributed by atoms with Gasteiger partial charge in [-0.05, 0) is 31.0 Å². The van der Waals surface area contributed by atoms with Gasteiger partial charge in [0.25, 0.3) is 5.91 Å². The van der Waals surface area contributed by atoms with Crippen LogP contribution in [0.2, 0.25) is 0 Å². The van der Waals surface area contributed by atoms with Gasteiger partial charge in [-0.2, -0.15) is 0 Å². The van der Waals surface area contributed by atoms with Gasteiger partial charge in [0.15, 0.2) is 11.5 Å². The molecule has 0 saturated carbocycles. The van der Waals surface area contributed by atoms with Gasteiger partial charge in [-0.25, -0.2) is 0 Å². The van der Waals surface area contributed by atoms with Crippen LogP contribution in [0, 0.1) is 5.92 Å². The molecule has 2 N–H and O–H groups in total. The predicted octanol–water partition coefficient (Wildman–Crippen LogP) is 2.08. The maximum Gasteiger partial charge on any atom is 0.305 e. The number of nitrogens with one attached hydrogen (secondary N) is 1. The molecule has 1 aromatic rings. The second kappa shape index (κ2) is 6.25. The third kappa shape index (κ3) is 3.50. The topological polar surface area (TPSA) is 84.9 Å². The van der Waals surface area contributed by atoms with E-state index in [0.717, 1.165) is 0 Å². The van der Waals surface area contributed by atoms with E-state index in [9.17, 15) is 9.59 Å². The van der Waals surface area contributed by atoms with Crippen molar-refractivity contribution in [2.75, 3.05) is 13.2 Å². The molecule has 1 aromatic carbocycles. The van der Waals surface area contributed by atoms with Crippen molar-refractivity contribution in [3.05, 3.63) is 23.8 Å². The lowest BCUT2D eigenvalue weighted by atomic mass is 9.85. The summed E-state index contributed by atoms with van der Waals surface area (Å²) in [6.45, 7) is 6.44. The summed E-state index contributed by atoms with van der Waals surface area (Å²) in [5.74, 6) is -0.152. The molecule has 1 atom stereocenters. The standard InChI is InChI=1S/C16H21NO5/c1-10(2)16(3,9-14(18)19)17-15(20)11-4-5-12-13(8-11)22-7-6-21-12/h4-5,8,10H,6-7,9H2,1-3H3,(H,17,20)(H,18,19). The molecule has 0 bridgehead atoms. The number of hydrogen-bond donors (Lipinski definition) is 2. The zero-order chi connectivity index (χ0) is 16.3. The monoisotopic (exact) mass is 307 g/mol. The Labute approximate surface area is 129 Å². The third-order valence-corrected chi connectivity index (χ3v) is 4.00. The van der Waals surface area contributed by atoms with E-state index in [0.29, 0.717) is 30.3 Å². The second-order valence-corrected chi connectivity index (χ2v) is 5.96. The molecule has 0 saturated heterocycles. The average molecular weight is 307 g/mol. The summed E-state index contributed by atoms with van der Waals surface area (Å²) in [6, 6.07) is 4.95. The van der Waals surface area contributed by atoms with Crippen LogP contribution in [-0.2, 0) is 4.79 Å². The molecule has 0 aliphatic carbocycles. The van der Waals surface area contributed by atoms with Crippen LogP contribution in [0.4, 0.5) is 0 Å². The van der Waals surface area contributed by atoms with Crippen molar-refractivity contribution in [2.24, 2.45) is 5.92 Å². The number of aliphatic carboxylic acids is 1. The molecule has 120 valence electrons. The Bertz CT molecular complexity index is 584. The van der Waals surface area contributed by atoms with Crippen LogP contribution >= 0.6 is 0 Å². The summed E-state index contributed by atoms with van der Waals surface area (Å²) in [6.07, 6.45) is -0.138. The Morgan fingerprint density at radius 1 is 1.27 bits per heavy atom. The van der Waals surface area contributed by atoms with E-state index < -0.39 is 11.5 Å². The zero-order valence-corrected chi connectivity index (χ0v) is 13.0. The molecular weight excluding hydrogens is 286 g/mol. The molecule has 6 heteroatoms. The van der Waals surface area contributed by atoms with Crippen molar-refractivity contribution in [2.45, 2.75) is 32.7 Å². The maximum atomic E-state index is 12.4. The van der Waals surface area contributed by atoms with E-state index in [2.05, 4.69) is 5.32 Å². The van der Waals surface area contributed by atoms with E-state index in [1.54, 1.807) is 25.1 Å². The molecule has 0 radical (unpaired) electrons. The first-order valence-electron chi connectivity index (χ1n) is 7.26. The smallest absolute Gasteiger partial charge is 0.305 e. The highest BCUT2D eigenvalue weighted by Crippen LogP contribution is 2.31. The van der Waals surface area contributed by atoms with Crippen molar-refractivity contribution < 1.29 is 24.2 Å². The Balaban J connectivity index is 2.18. The molecule has 22 heavy (non-hydrogen) atoms. The lowest BCUT2D eigenvalue weighted by Gasteiger charge is -2.33. The molecule has 1 unspecified atom stereocenters. The van der Waals surface area contributed by atoms with E-state index in [4.69, 9.17) is 14.6 Å². The largest absolute Gasteiger partial charge is 0.486 e. The zero-order valence-electron chi connectivity index (χ0n) is 13.0. The minimum atomic E-state index is -0.946. The van der Waals surface area contributed by atoms with Crippen LogP contribution in [0.1, 0.15) is 37.6 Å². The fourth-order valence-corrected chi connectivity index (χ4v) is 2.22. The number of fused-ring (bicyclic) bond motifs is 1. The maximum absolute atomic E-state index is 12.4. The van der Waals surface area contributed by atoms with Gasteiger partial charge in [0, 0.05) is 5.56 Å². The van der Waals surface area contributed by atoms with Crippen LogP contribution in [0.15, 0.2) is 18.2 Å². The number of rotatable bonds is 5. The molecule has 6 nitrogen and oxygen atoms in total. The first-order valence-corrected chi connectivity index (χ1v) is 7.26. The molecule has 1 aliphatic heterocycles. The summed E-state index contributed by atoms with van der Waals surface area (Å²) in [4.78, 5) is 23.5. The van der Waals surface area contributed by atoms with Gasteiger partial charge in [-0.1, -0.05) is 13.8 Å². The second-order valence-electron chi connectivity index (χ2n) is 5.96. The summed E-state index contributed by atoms with van der Waals surface area (Å²) >= 11 is 0.